The Morgan fingerprint density at radius 3 is 2.65 bits per heavy atom. The van der Waals surface area contributed by atoms with Crippen molar-refractivity contribution < 1.29 is 9.59 Å². The molecule has 0 saturated heterocycles. The van der Waals surface area contributed by atoms with Gasteiger partial charge in [-0.15, -0.1) is 0 Å². The Hall–Kier alpha value is -2.32. The van der Waals surface area contributed by atoms with Gasteiger partial charge in [0.25, 0.3) is 5.91 Å². The summed E-state index contributed by atoms with van der Waals surface area (Å²) in [4.78, 5) is 25.0. The van der Waals surface area contributed by atoms with E-state index >= 15 is 0 Å². The summed E-state index contributed by atoms with van der Waals surface area (Å²) in [5.74, 6) is 5.10. The van der Waals surface area contributed by atoms with Crippen LogP contribution in [0.4, 0.5) is 0 Å². The number of carbonyl (C=O) groups excluding carboxylic acids is 2. The van der Waals surface area contributed by atoms with Crippen molar-refractivity contribution in [2.75, 3.05) is 27.2 Å². The van der Waals surface area contributed by atoms with Gasteiger partial charge in [-0.1, -0.05) is 23.5 Å². The first-order valence-corrected chi connectivity index (χ1v) is 6.23. The van der Waals surface area contributed by atoms with Crippen LogP contribution in [0.15, 0.2) is 18.2 Å². The van der Waals surface area contributed by atoms with Crippen LogP contribution < -0.4 is 11.1 Å². The zero-order valence-corrected chi connectivity index (χ0v) is 12.0. The summed E-state index contributed by atoms with van der Waals surface area (Å²) >= 11 is 0. The molecule has 1 rings (SSSR count). The van der Waals surface area contributed by atoms with Crippen LogP contribution in [-0.2, 0) is 4.79 Å². The van der Waals surface area contributed by atoms with Crippen LogP contribution in [0.5, 0.6) is 0 Å². The highest BCUT2D eigenvalue weighted by Crippen LogP contribution is 2.10. The van der Waals surface area contributed by atoms with E-state index in [0.717, 1.165) is 5.56 Å². The van der Waals surface area contributed by atoms with Gasteiger partial charge in [0.05, 0.1) is 18.7 Å². The van der Waals surface area contributed by atoms with E-state index in [0.29, 0.717) is 11.1 Å². The van der Waals surface area contributed by atoms with Gasteiger partial charge >= 0.3 is 0 Å². The van der Waals surface area contributed by atoms with Crippen LogP contribution in [0, 0.1) is 18.8 Å². The van der Waals surface area contributed by atoms with Gasteiger partial charge in [-0.05, 0) is 19.1 Å². The Balaban J connectivity index is 2.91. The molecule has 0 aliphatic carbocycles. The zero-order chi connectivity index (χ0) is 15.1. The fourth-order valence-corrected chi connectivity index (χ4v) is 1.51. The summed E-state index contributed by atoms with van der Waals surface area (Å²) in [5.41, 5.74) is 7.35. The highest BCUT2D eigenvalue weighted by atomic mass is 16.2. The van der Waals surface area contributed by atoms with E-state index in [4.69, 9.17) is 5.73 Å². The zero-order valence-electron chi connectivity index (χ0n) is 12.0. The molecule has 0 bridgehead atoms. The molecule has 3 N–H and O–H groups in total. The quantitative estimate of drug-likeness (QED) is 0.768. The maximum absolute atomic E-state index is 12.1. The van der Waals surface area contributed by atoms with E-state index in [1.165, 1.54) is 4.90 Å². The number of nitrogens with zero attached hydrogens (tertiary/aromatic N) is 1. The van der Waals surface area contributed by atoms with Gasteiger partial charge in [-0.2, -0.15) is 0 Å². The van der Waals surface area contributed by atoms with Crippen LogP contribution in [0.25, 0.3) is 0 Å². The van der Waals surface area contributed by atoms with Gasteiger partial charge in [0, 0.05) is 19.7 Å². The van der Waals surface area contributed by atoms with Crippen LogP contribution >= 0.6 is 0 Å². The molecule has 106 valence electrons. The Labute approximate surface area is 119 Å². The summed E-state index contributed by atoms with van der Waals surface area (Å²) in [5, 5.41) is 2.59. The van der Waals surface area contributed by atoms with Crippen molar-refractivity contribution in [1.82, 2.24) is 10.2 Å². The van der Waals surface area contributed by atoms with Crippen molar-refractivity contribution in [3.8, 4) is 11.8 Å². The maximum Gasteiger partial charge on any atom is 0.252 e. The van der Waals surface area contributed by atoms with E-state index in [1.54, 1.807) is 26.2 Å². The van der Waals surface area contributed by atoms with Crippen molar-refractivity contribution in [3.05, 3.63) is 34.9 Å². The van der Waals surface area contributed by atoms with E-state index in [-0.39, 0.29) is 24.9 Å². The summed E-state index contributed by atoms with van der Waals surface area (Å²) < 4.78 is 0. The third-order valence-corrected chi connectivity index (χ3v) is 2.64. The fraction of sp³-hybridized carbons (Fsp3) is 0.333. The second-order valence-electron chi connectivity index (χ2n) is 4.53. The first kappa shape index (κ1) is 15.7. The minimum atomic E-state index is -0.315. The van der Waals surface area contributed by atoms with Crippen molar-refractivity contribution in [2.24, 2.45) is 5.73 Å². The molecule has 5 heteroatoms. The Bertz CT molecular complexity index is 568. The van der Waals surface area contributed by atoms with Crippen molar-refractivity contribution in [2.45, 2.75) is 6.92 Å². The summed E-state index contributed by atoms with van der Waals surface area (Å²) in [6.07, 6.45) is 0. The largest absolute Gasteiger partial charge is 0.347 e. The predicted octanol–water partition coefficient (Wildman–Crippen LogP) is 0.123. The molecule has 5 nitrogen and oxygen atoms in total. The number of hydrogen-bond acceptors (Lipinski definition) is 3. The topological polar surface area (TPSA) is 75.4 Å². The van der Waals surface area contributed by atoms with Crippen molar-refractivity contribution >= 4 is 11.8 Å². The first-order valence-electron chi connectivity index (χ1n) is 6.23. The molecule has 2 amide bonds. The maximum atomic E-state index is 12.1. The summed E-state index contributed by atoms with van der Waals surface area (Å²) in [6.45, 7) is 2.08. The molecule has 1 aromatic carbocycles. The summed E-state index contributed by atoms with van der Waals surface area (Å²) in [6, 6.07) is 5.40. The second-order valence-corrected chi connectivity index (χ2v) is 4.53. The van der Waals surface area contributed by atoms with Crippen LogP contribution in [-0.4, -0.2) is 43.9 Å². The number of carbonyl (C=O) groups is 2. The summed E-state index contributed by atoms with van der Waals surface area (Å²) in [7, 11) is 3.28. The molecular weight excluding hydrogens is 254 g/mol. The minimum absolute atomic E-state index is 0.0382. The number of aryl methyl sites for hydroxylation is 1. The highest BCUT2D eigenvalue weighted by Gasteiger charge is 2.12. The molecule has 20 heavy (non-hydrogen) atoms. The third-order valence-electron chi connectivity index (χ3n) is 2.64. The van der Waals surface area contributed by atoms with E-state index in [9.17, 15) is 9.59 Å². The Morgan fingerprint density at radius 1 is 1.35 bits per heavy atom. The van der Waals surface area contributed by atoms with Gasteiger partial charge in [0.15, 0.2) is 0 Å². The lowest BCUT2D eigenvalue weighted by Crippen LogP contribution is -2.36. The number of rotatable bonds is 3. The number of hydrogen-bond donors (Lipinski definition) is 2. The molecule has 1 aromatic rings. The van der Waals surface area contributed by atoms with Gasteiger partial charge in [0.2, 0.25) is 5.91 Å². The highest BCUT2D eigenvalue weighted by molar-refractivity contribution is 5.98. The van der Waals surface area contributed by atoms with E-state index in [2.05, 4.69) is 17.2 Å². The SMILES string of the molecule is Cc1ccc(C#CCN)c(C(=O)NCC(=O)N(C)C)c1. The number of nitrogens with two attached hydrogens (primary N) is 1. The van der Waals surface area contributed by atoms with Crippen molar-refractivity contribution in [3.63, 3.8) is 0 Å². The standard InChI is InChI=1S/C15H19N3O2/c1-11-6-7-12(5-4-8-16)13(9-11)15(20)17-10-14(19)18(2)3/h6-7,9H,8,10,16H2,1-3H3,(H,17,20). The predicted molar refractivity (Wildman–Crippen MR) is 78.1 cm³/mol. The fourth-order valence-electron chi connectivity index (χ4n) is 1.51. The van der Waals surface area contributed by atoms with Gasteiger partial charge in [-0.3, -0.25) is 9.59 Å². The average molecular weight is 273 g/mol. The lowest BCUT2D eigenvalue weighted by molar-refractivity contribution is -0.127. The molecule has 0 unspecified atom stereocenters. The molecule has 0 atom stereocenters. The molecule has 0 aliphatic heterocycles. The van der Waals surface area contributed by atoms with Crippen LogP contribution in [0.2, 0.25) is 0 Å². The molecule has 0 aromatic heterocycles. The minimum Gasteiger partial charge on any atom is -0.347 e. The Morgan fingerprint density at radius 2 is 2.05 bits per heavy atom. The second kappa shape index (κ2) is 7.31. The van der Waals surface area contributed by atoms with Gasteiger partial charge < -0.3 is 16.0 Å². The average Bonchev–Trinajstić information content (AvgIpc) is 2.42. The van der Waals surface area contributed by atoms with Gasteiger partial charge in [0.1, 0.15) is 0 Å². The molecule has 0 fully saturated rings. The van der Waals surface area contributed by atoms with Gasteiger partial charge in [-0.25, -0.2) is 0 Å². The number of nitrogens with one attached hydrogen (secondary N) is 1. The molecule has 0 saturated carbocycles. The van der Waals surface area contributed by atoms with Crippen molar-refractivity contribution in [1.29, 1.82) is 0 Å². The molecular formula is C15H19N3O2. The Kier molecular flexibility index (Phi) is 5.75. The number of likely N-dealkylation sites (N-methyl/N-ethyl adjacent to an activating group) is 1. The monoisotopic (exact) mass is 273 g/mol. The lowest BCUT2D eigenvalue weighted by Gasteiger charge is -2.12. The molecule has 0 spiro atoms. The third kappa shape index (κ3) is 4.41. The van der Waals surface area contributed by atoms with E-state index in [1.807, 2.05) is 13.0 Å². The molecule has 0 aliphatic rings. The molecule has 0 heterocycles. The smallest absolute Gasteiger partial charge is 0.252 e. The van der Waals surface area contributed by atoms with Crippen LogP contribution in [0.1, 0.15) is 21.5 Å². The number of benzene rings is 1. The lowest BCUT2D eigenvalue weighted by atomic mass is 10.0. The normalized spacial score (nSPS) is 9.40. The number of amides is 2. The first-order chi connectivity index (χ1) is 9.45. The van der Waals surface area contributed by atoms with Crippen LogP contribution in [0.3, 0.4) is 0 Å². The molecule has 0 radical (unpaired) electrons. The van der Waals surface area contributed by atoms with E-state index < -0.39 is 0 Å².